The van der Waals surface area contributed by atoms with Gasteiger partial charge in [0.25, 0.3) is 0 Å². The molecule has 0 spiro atoms. The van der Waals surface area contributed by atoms with E-state index in [0.717, 1.165) is 44.1 Å². The average molecular weight is 463 g/mol. The van der Waals surface area contributed by atoms with E-state index in [2.05, 4.69) is 48.1 Å². The van der Waals surface area contributed by atoms with Crippen LogP contribution in [0.5, 0.6) is 0 Å². The molecule has 1 amide bonds. The van der Waals surface area contributed by atoms with Gasteiger partial charge in [0.05, 0.1) is 21.5 Å². The van der Waals surface area contributed by atoms with Crippen LogP contribution in [0, 0.1) is 0 Å². The number of halogens is 1. The predicted octanol–water partition coefficient (Wildman–Crippen LogP) is 3.95. The van der Waals surface area contributed by atoms with Gasteiger partial charge < -0.3 is 15.2 Å². The minimum absolute atomic E-state index is 0.0572. The normalized spacial score (nSPS) is 16.4. The first-order chi connectivity index (χ1) is 14.6. The van der Waals surface area contributed by atoms with E-state index in [1.165, 1.54) is 12.4 Å². The Kier molecular flexibility index (Phi) is 4.51. The molecule has 3 aromatic heterocycles. The van der Waals surface area contributed by atoms with Crippen LogP contribution in [0.4, 0.5) is 5.82 Å². The third-order valence-electron chi connectivity index (χ3n) is 5.65. The molecule has 0 unspecified atom stereocenters. The SMILES string of the molecule is C=CC(=O)N1CC[C@@H](n2c(Br)c(-c3cnc4ccccc4c3)c3c(N)ncnc32)C1. The van der Waals surface area contributed by atoms with Gasteiger partial charge in [-0.25, -0.2) is 9.97 Å². The number of pyridine rings is 1. The summed E-state index contributed by atoms with van der Waals surface area (Å²) in [5.41, 5.74) is 9.82. The van der Waals surface area contributed by atoms with Gasteiger partial charge in [-0.05, 0) is 40.6 Å². The highest BCUT2D eigenvalue weighted by Gasteiger charge is 2.31. The van der Waals surface area contributed by atoms with Crippen LogP contribution in [0.25, 0.3) is 33.1 Å². The number of carbonyl (C=O) groups is 1. The van der Waals surface area contributed by atoms with Crippen molar-refractivity contribution < 1.29 is 4.79 Å². The van der Waals surface area contributed by atoms with Gasteiger partial charge in [-0.3, -0.25) is 9.78 Å². The molecular weight excluding hydrogens is 444 g/mol. The summed E-state index contributed by atoms with van der Waals surface area (Å²) >= 11 is 3.80. The maximum atomic E-state index is 12.1. The summed E-state index contributed by atoms with van der Waals surface area (Å²) in [6, 6.07) is 10.2. The lowest BCUT2D eigenvalue weighted by molar-refractivity contribution is -0.125. The molecule has 4 heterocycles. The molecule has 1 aliphatic rings. The Bertz CT molecular complexity index is 1310. The lowest BCUT2D eigenvalue weighted by atomic mass is 10.1. The van der Waals surface area contributed by atoms with Crippen molar-refractivity contribution in [3.05, 3.63) is 60.1 Å². The van der Waals surface area contributed by atoms with Gasteiger partial charge in [-0.15, -0.1) is 0 Å². The van der Waals surface area contributed by atoms with Gasteiger partial charge in [0.1, 0.15) is 17.8 Å². The number of rotatable bonds is 3. The number of nitrogens with zero attached hydrogens (tertiary/aromatic N) is 5. The molecule has 1 atom stereocenters. The van der Waals surface area contributed by atoms with Crippen molar-refractivity contribution in [3.8, 4) is 11.1 Å². The molecule has 0 saturated carbocycles. The fraction of sp³-hybridized carbons (Fsp3) is 0.182. The van der Waals surface area contributed by atoms with E-state index in [1.54, 1.807) is 4.90 Å². The molecule has 5 rings (SSSR count). The van der Waals surface area contributed by atoms with E-state index in [9.17, 15) is 4.79 Å². The Labute approximate surface area is 181 Å². The third-order valence-corrected chi connectivity index (χ3v) is 6.43. The summed E-state index contributed by atoms with van der Waals surface area (Å²) in [7, 11) is 0. The van der Waals surface area contributed by atoms with Gasteiger partial charge >= 0.3 is 0 Å². The second kappa shape index (κ2) is 7.21. The van der Waals surface area contributed by atoms with Crippen molar-refractivity contribution in [3.63, 3.8) is 0 Å². The average Bonchev–Trinajstić information content (AvgIpc) is 3.35. The maximum absolute atomic E-state index is 12.1. The van der Waals surface area contributed by atoms with Gasteiger partial charge in [-0.2, -0.15) is 0 Å². The van der Waals surface area contributed by atoms with Crippen molar-refractivity contribution in [1.82, 2.24) is 24.4 Å². The molecule has 0 bridgehead atoms. The predicted molar refractivity (Wildman–Crippen MR) is 121 cm³/mol. The van der Waals surface area contributed by atoms with Crippen molar-refractivity contribution >= 4 is 49.6 Å². The lowest BCUT2D eigenvalue weighted by Gasteiger charge is -2.17. The zero-order chi connectivity index (χ0) is 20.8. The molecule has 30 heavy (non-hydrogen) atoms. The fourth-order valence-corrected chi connectivity index (χ4v) is 5.10. The minimum atomic E-state index is -0.0572. The number of fused-ring (bicyclic) bond motifs is 2. The number of likely N-dealkylation sites (tertiary alicyclic amines) is 1. The minimum Gasteiger partial charge on any atom is -0.383 e. The Hall–Kier alpha value is -3.26. The summed E-state index contributed by atoms with van der Waals surface area (Å²) < 4.78 is 2.98. The number of nitrogens with two attached hydrogens (primary N) is 1. The summed E-state index contributed by atoms with van der Waals surface area (Å²) in [5.74, 6) is 0.359. The van der Waals surface area contributed by atoms with Crippen LogP contribution < -0.4 is 5.73 Å². The van der Waals surface area contributed by atoms with Gasteiger partial charge in [0, 0.05) is 35.8 Å². The number of amides is 1. The fourth-order valence-electron chi connectivity index (χ4n) is 4.21. The Balaban J connectivity index is 1.70. The Morgan fingerprint density at radius 3 is 2.93 bits per heavy atom. The summed E-state index contributed by atoms with van der Waals surface area (Å²) in [6.45, 7) is 4.86. The molecule has 150 valence electrons. The summed E-state index contributed by atoms with van der Waals surface area (Å²) in [4.78, 5) is 27.3. The van der Waals surface area contributed by atoms with Gasteiger partial charge in [-0.1, -0.05) is 24.8 Å². The standard InChI is InChI=1S/C22H19BrN6O/c1-2-17(30)28-8-7-15(11-28)29-20(23)18(19-21(24)26-12-27-22(19)29)14-9-13-5-3-4-6-16(13)25-10-14/h2-6,9-10,12,15H,1,7-8,11H2,(H2,24,26,27)/t15-/m1/s1. The first-order valence-electron chi connectivity index (χ1n) is 9.65. The van der Waals surface area contributed by atoms with Crippen LogP contribution in [0.1, 0.15) is 12.5 Å². The molecule has 7 nitrogen and oxygen atoms in total. The number of carbonyl (C=O) groups excluding carboxylic acids is 1. The number of para-hydroxylation sites is 1. The second-order valence-electron chi connectivity index (χ2n) is 7.34. The van der Waals surface area contributed by atoms with Crippen LogP contribution in [0.15, 0.2) is 60.1 Å². The molecule has 1 aromatic carbocycles. The molecular formula is C22H19BrN6O. The van der Waals surface area contributed by atoms with Crippen LogP contribution in [0.3, 0.4) is 0 Å². The van der Waals surface area contributed by atoms with Gasteiger partial charge in [0.2, 0.25) is 5.91 Å². The highest BCUT2D eigenvalue weighted by molar-refractivity contribution is 9.10. The van der Waals surface area contributed by atoms with E-state index in [0.29, 0.717) is 18.9 Å². The Morgan fingerprint density at radius 2 is 2.10 bits per heavy atom. The molecule has 8 heteroatoms. The monoisotopic (exact) mass is 462 g/mol. The number of benzene rings is 1. The van der Waals surface area contributed by atoms with E-state index in [-0.39, 0.29) is 11.9 Å². The number of hydrogen-bond donors (Lipinski definition) is 1. The Morgan fingerprint density at radius 1 is 1.27 bits per heavy atom. The molecule has 2 N–H and O–H groups in total. The van der Waals surface area contributed by atoms with Crippen LogP contribution in [0.2, 0.25) is 0 Å². The smallest absolute Gasteiger partial charge is 0.246 e. The molecule has 4 aromatic rings. The molecule has 1 saturated heterocycles. The third kappa shape index (κ3) is 2.87. The maximum Gasteiger partial charge on any atom is 0.246 e. The van der Waals surface area contributed by atoms with Crippen molar-refractivity contribution in [2.45, 2.75) is 12.5 Å². The van der Waals surface area contributed by atoms with E-state index in [4.69, 9.17) is 5.73 Å². The quantitative estimate of drug-likeness (QED) is 0.465. The van der Waals surface area contributed by atoms with Crippen molar-refractivity contribution in [2.75, 3.05) is 18.8 Å². The highest BCUT2D eigenvalue weighted by atomic mass is 79.9. The van der Waals surface area contributed by atoms with Crippen LogP contribution in [-0.4, -0.2) is 43.4 Å². The van der Waals surface area contributed by atoms with E-state index < -0.39 is 0 Å². The van der Waals surface area contributed by atoms with E-state index in [1.807, 2.05) is 30.5 Å². The second-order valence-corrected chi connectivity index (χ2v) is 8.09. The largest absolute Gasteiger partial charge is 0.383 e. The van der Waals surface area contributed by atoms with Gasteiger partial charge in [0.15, 0.2) is 0 Å². The number of nitrogen functional groups attached to an aromatic ring is 1. The first kappa shape index (κ1) is 18.7. The summed E-state index contributed by atoms with van der Waals surface area (Å²) in [6.07, 6.45) is 5.50. The van der Waals surface area contributed by atoms with Crippen LogP contribution in [-0.2, 0) is 4.79 Å². The number of anilines is 1. The van der Waals surface area contributed by atoms with Crippen molar-refractivity contribution in [2.24, 2.45) is 0 Å². The zero-order valence-electron chi connectivity index (χ0n) is 16.1. The lowest BCUT2D eigenvalue weighted by Crippen LogP contribution is -2.27. The highest BCUT2D eigenvalue weighted by Crippen LogP contribution is 2.43. The molecule has 0 radical (unpaired) electrons. The van der Waals surface area contributed by atoms with Crippen LogP contribution >= 0.6 is 15.9 Å². The number of hydrogen-bond acceptors (Lipinski definition) is 5. The van der Waals surface area contributed by atoms with E-state index >= 15 is 0 Å². The number of aromatic nitrogens is 4. The van der Waals surface area contributed by atoms with Crippen molar-refractivity contribution in [1.29, 1.82) is 0 Å². The molecule has 0 aliphatic carbocycles. The molecule has 1 aliphatic heterocycles. The molecule has 1 fully saturated rings. The summed E-state index contributed by atoms with van der Waals surface area (Å²) in [5, 5.41) is 1.83. The first-order valence-corrected chi connectivity index (χ1v) is 10.4. The zero-order valence-corrected chi connectivity index (χ0v) is 17.7. The topological polar surface area (TPSA) is 89.9 Å².